The normalized spacial score (nSPS) is 13.8. The maximum absolute atomic E-state index is 2.42. The summed E-state index contributed by atoms with van der Waals surface area (Å²) in [6.07, 6.45) is 9.29. The minimum Gasteiger partial charge on any atom is -0.310 e. The number of anilines is 3. The third kappa shape index (κ3) is 5.19. The molecule has 2 heteroatoms. The van der Waals surface area contributed by atoms with Gasteiger partial charge in [-0.25, -0.2) is 0 Å². The lowest BCUT2D eigenvalue weighted by Gasteiger charge is -2.27. The smallest absolute Gasteiger partial charge is 0.0468 e. The molecule has 1 nitrogen and oxygen atoms in total. The summed E-state index contributed by atoms with van der Waals surface area (Å²) in [4.78, 5) is 2.42. The lowest BCUT2D eigenvalue weighted by molar-refractivity contribution is 0.954. The molecule has 1 heterocycles. The molecule has 48 heavy (non-hydrogen) atoms. The Balaban J connectivity index is 0.00000165. The van der Waals surface area contributed by atoms with E-state index in [9.17, 15) is 0 Å². The first-order valence-electron chi connectivity index (χ1n) is 16.9. The molecule has 0 bridgehead atoms. The van der Waals surface area contributed by atoms with Crippen molar-refractivity contribution < 1.29 is 0 Å². The number of hydrogen-bond acceptors (Lipinski definition) is 2. The van der Waals surface area contributed by atoms with Crippen LogP contribution in [0.2, 0.25) is 0 Å². The lowest BCUT2D eigenvalue weighted by atomic mass is 9.91. The van der Waals surface area contributed by atoms with Gasteiger partial charge in [0.15, 0.2) is 0 Å². The maximum Gasteiger partial charge on any atom is 0.0468 e. The molecule has 0 saturated heterocycles. The van der Waals surface area contributed by atoms with E-state index in [1.807, 2.05) is 25.2 Å². The van der Waals surface area contributed by atoms with Crippen LogP contribution in [0.5, 0.6) is 0 Å². The minimum absolute atomic E-state index is 0.385. The van der Waals surface area contributed by atoms with Gasteiger partial charge in [-0.3, -0.25) is 0 Å². The van der Waals surface area contributed by atoms with Crippen molar-refractivity contribution in [1.29, 1.82) is 0 Å². The highest BCUT2D eigenvalue weighted by molar-refractivity contribution is 7.25. The molecule has 0 aliphatic heterocycles. The van der Waals surface area contributed by atoms with Gasteiger partial charge in [-0.2, -0.15) is 0 Å². The molecule has 1 atom stereocenters. The molecule has 0 radical (unpaired) electrons. The fraction of sp³-hybridized carbons (Fsp3) is 0.0870. The van der Waals surface area contributed by atoms with Gasteiger partial charge in [-0.15, -0.1) is 11.3 Å². The Morgan fingerprint density at radius 3 is 1.71 bits per heavy atom. The summed E-state index contributed by atoms with van der Waals surface area (Å²) >= 11 is 1.86. The number of allylic oxidation sites excluding steroid dienone is 2. The second-order valence-electron chi connectivity index (χ2n) is 12.2. The minimum atomic E-state index is 0.385. The van der Waals surface area contributed by atoms with Gasteiger partial charge in [0.05, 0.1) is 0 Å². The Morgan fingerprint density at radius 2 is 0.958 bits per heavy atom. The van der Waals surface area contributed by atoms with Crippen molar-refractivity contribution in [3.63, 3.8) is 0 Å². The zero-order valence-electron chi connectivity index (χ0n) is 27.5. The number of fused-ring (bicyclic) bond motifs is 9. The highest BCUT2D eigenvalue weighted by atomic mass is 32.1. The van der Waals surface area contributed by atoms with E-state index in [-0.39, 0.29) is 0 Å². The van der Waals surface area contributed by atoms with Gasteiger partial charge in [0, 0.05) is 37.2 Å². The molecule has 232 valence electrons. The summed E-state index contributed by atoms with van der Waals surface area (Å²) in [5.74, 6) is 0.385. The molecular weight excluding hydrogens is 599 g/mol. The highest BCUT2D eigenvalue weighted by Crippen LogP contribution is 2.44. The van der Waals surface area contributed by atoms with Gasteiger partial charge in [0.2, 0.25) is 0 Å². The van der Waals surface area contributed by atoms with E-state index >= 15 is 0 Å². The van der Waals surface area contributed by atoms with E-state index in [0.29, 0.717) is 5.92 Å². The van der Waals surface area contributed by atoms with Crippen LogP contribution in [0.15, 0.2) is 152 Å². The number of thiophene rings is 1. The highest BCUT2D eigenvalue weighted by Gasteiger charge is 2.19. The summed E-state index contributed by atoms with van der Waals surface area (Å²) in [5, 5.41) is 7.76. The molecule has 0 saturated carbocycles. The molecule has 0 spiro atoms. The van der Waals surface area contributed by atoms with Gasteiger partial charge in [0.25, 0.3) is 0 Å². The standard InChI is InChI=1S/C44H31NS.C2H6/c1-29-15-23-37-35-11-5-6-12-36(35)39-25-21-33(27-41(39)38(37)24-16-29)45(32-19-17-31(18-20-32)30-9-3-2-4-10-30)34-22-26-44-42(28-34)40-13-7-8-14-43(40)46-44;1-2/h2-29H,1H3;1-2H3. The van der Waals surface area contributed by atoms with Crippen LogP contribution in [0.4, 0.5) is 17.1 Å². The molecule has 1 unspecified atom stereocenters. The van der Waals surface area contributed by atoms with Crippen LogP contribution in [0.1, 0.15) is 31.9 Å². The molecule has 1 aliphatic carbocycles. The Labute approximate surface area is 286 Å². The van der Waals surface area contributed by atoms with Crippen LogP contribution >= 0.6 is 11.3 Å². The van der Waals surface area contributed by atoms with Crippen molar-refractivity contribution in [2.45, 2.75) is 20.8 Å². The van der Waals surface area contributed by atoms with Crippen LogP contribution in [0, 0.1) is 5.92 Å². The third-order valence-electron chi connectivity index (χ3n) is 9.33. The number of benzene rings is 7. The van der Waals surface area contributed by atoms with Crippen LogP contribution in [-0.2, 0) is 0 Å². The number of nitrogens with zero attached hydrogens (tertiary/aromatic N) is 1. The molecule has 1 aromatic heterocycles. The van der Waals surface area contributed by atoms with E-state index in [1.165, 1.54) is 64.0 Å². The average Bonchev–Trinajstić information content (AvgIpc) is 3.40. The van der Waals surface area contributed by atoms with Crippen molar-refractivity contribution in [2.75, 3.05) is 4.90 Å². The van der Waals surface area contributed by atoms with Gasteiger partial charge in [0.1, 0.15) is 0 Å². The summed E-state index contributed by atoms with van der Waals surface area (Å²) in [6.45, 7) is 6.25. The monoisotopic (exact) mass is 635 g/mol. The van der Waals surface area contributed by atoms with Gasteiger partial charge in [-0.05, 0) is 98.2 Å². The van der Waals surface area contributed by atoms with E-state index in [1.54, 1.807) is 0 Å². The second-order valence-corrected chi connectivity index (χ2v) is 13.3. The molecule has 7 aromatic carbocycles. The average molecular weight is 636 g/mol. The zero-order valence-corrected chi connectivity index (χ0v) is 28.3. The van der Waals surface area contributed by atoms with Gasteiger partial charge >= 0.3 is 0 Å². The summed E-state index contributed by atoms with van der Waals surface area (Å²) < 4.78 is 2.63. The quantitative estimate of drug-likeness (QED) is 0.174. The van der Waals surface area contributed by atoms with Crippen molar-refractivity contribution in [2.24, 2.45) is 5.92 Å². The predicted octanol–water partition coefficient (Wildman–Crippen LogP) is 14.2. The molecule has 1 aliphatic rings. The molecular formula is C46H37NS. The topological polar surface area (TPSA) is 3.24 Å². The predicted molar refractivity (Wildman–Crippen MR) is 213 cm³/mol. The Morgan fingerprint density at radius 1 is 0.438 bits per heavy atom. The maximum atomic E-state index is 2.42. The van der Waals surface area contributed by atoms with E-state index in [0.717, 1.165) is 17.1 Å². The van der Waals surface area contributed by atoms with Crippen molar-refractivity contribution in [3.05, 3.63) is 163 Å². The first-order valence-corrected chi connectivity index (χ1v) is 17.7. The van der Waals surface area contributed by atoms with E-state index < -0.39 is 0 Å². The van der Waals surface area contributed by atoms with Crippen molar-refractivity contribution in [1.82, 2.24) is 0 Å². The van der Waals surface area contributed by atoms with Gasteiger partial charge < -0.3 is 4.90 Å². The number of hydrogen-bond donors (Lipinski definition) is 0. The molecule has 8 aromatic rings. The second kappa shape index (κ2) is 12.6. The summed E-state index contributed by atoms with van der Waals surface area (Å²) in [7, 11) is 0. The Kier molecular flexibility index (Phi) is 7.88. The molecule has 0 N–H and O–H groups in total. The third-order valence-corrected chi connectivity index (χ3v) is 10.5. The van der Waals surface area contributed by atoms with Crippen molar-refractivity contribution >= 4 is 82.3 Å². The number of rotatable bonds is 4. The largest absolute Gasteiger partial charge is 0.310 e. The van der Waals surface area contributed by atoms with Crippen LogP contribution in [-0.4, -0.2) is 0 Å². The zero-order chi connectivity index (χ0) is 32.6. The first-order chi connectivity index (χ1) is 23.7. The fourth-order valence-electron chi connectivity index (χ4n) is 7.03. The summed E-state index contributed by atoms with van der Waals surface area (Å²) in [5.41, 5.74) is 8.45. The van der Waals surface area contributed by atoms with Crippen LogP contribution in [0.3, 0.4) is 0 Å². The Hall–Kier alpha value is -5.44. The fourth-order valence-corrected chi connectivity index (χ4v) is 8.11. The molecule has 0 amide bonds. The van der Waals surface area contributed by atoms with Crippen molar-refractivity contribution in [3.8, 4) is 11.1 Å². The van der Waals surface area contributed by atoms with Crippen LogP contribution < -0.4 is 4.90 Å². The first kappa shape index (κ1) is 29.9. The lowest BCUT2D eigenvalue weighted by Crippen LogP contribution is -2.10. The SMILES string of the molecule is CC.CC1C=Cc2c(c3cc(N(c4ccc(-c5ccccc5)cc4)c4ccc5sc6ccccc6c5c4)ccc3c3ccccc23)C=C1. The Bertz CT molecular complexity index is 2480. The summed E-state index contributed by atoms with van der Waals surface area (Å²) in [6, 6.07) is 51.1. The van der Waals surface area contributed by atoms with E-state index in [4.69, 9.17) is 0 Å². The molecule has 0 fully saturated rings. The molecule has 9 rings (SSSR count). The van der Waals surface area contributed by atoms with Crippen LogP contribution in [0.25, 0.3) is 65.0 Å². The van der Waals surface area contributed by atoms with E-state index in [2.05, 4.69) is 176 Å². The van der Waals surface area contributed by atoms with Gasteiger partial charge in [-0.1, -0.05) is 136 Å².